The Morgan fingerprint density at radius 2 is 1.86 bits per heavy atom. The van der Waals surface area contributed by atoms with Gasteiger partial charge in [0.25, 0.3) is 0 Å². The molecule has 4 heteroatoms. The molecule has 0 bridgehead atoms. The molecule has 1 aliphatic carbocycles. The Kier molecular flexibility index (Phi) is 6.16. The number of hydrogen-bond acceptors (Lipinski definition) is 2. The Hall–Kier alpha value is -1.42. The molecule has 1 saturated carbocycles. The Bertz CT molecular complexity index is 898. The number of fused-ring (bicyclic) bond motifs is 1. The predicted octanol–water partition coefficient (Wildman–Crippen LogP) is 7.11. The van der Waals surface area contributed by atoms with Crippen LogP contribution >= 0.6 is 11.8 Å². The van der Waals surface area contributed by atoms with E-state index in [-0.39, 0.29) is 4.75 Å². The van der Waals surface area contributed by atoms with Gasteiger partial charge < -0.3 is 9.67 Å². The van der Waals surface area contributed by atoms with E-state index < -0.39 is 11.4 Å². The van der Waals surface area contributed by atoms with Crippen molar-refractivity contribution in [3.63, 3.8) is 0 Å². The molecule has 0 saturated heterocycles. The third kappa shape index (κ3) is 4.84. The molecular weight excluding hydrogens is 378 g/mol. The van der Waals surface area contributed by atoms with Crippen molar-refractivity contribution in [2.24, 2.45) is 11.3 Å². The molecule has 1 N–H and O–H groups in total. The minimum absolute atomic E-state index is 0.0639. The number of rotatable bonds is 7. The van der Waals surface area contributed by atoms with Gasteiger partial charge in [-0.05, 0) is 50.2 Å². The fraction of sp³-hybridized carbons (Fsp3) is 0.640. The zero-order valence-corrected chi connectivity index (χ0v) is 19.9. The fourth-order valence-electron chi connectivity index (χ4n) is 3.98. The summed E-state index contributed by atoms with van der Waals surface area (Å²) < 4.78 is 2.54. The summed E-state index contributed by atoms with van der Waals surface area (Å²) in [5, 5.41) is 11.1. The van der Waals surface area contributed by atoms with Gasteiger partial charge in [-0.15, -0.1) is 11.8 Å². The first-order valence-corrected chi connectivity index (χ1v) is 11.8. The second-order valence-electron chi connectivity index (χ2n) is 10.7. The molecular formula is C25H37NO2S. The standard InChI is InChI=1S/C25H37NO2S/c1-16(2)18-11-12-19-20(13-18)26(15-17-9-8-10-17)21(14-25(6,7)23(27)28)22(19)29-24(3,4)5/h11-13,16-17H,8-10,14-15H2,1-7H3,(H,27,28). The summed E-state index contributed by atoms with van der Waals surface area (Å²) in [5.41, 5.74) is 3.05. The average molecular weight is 416 g/mol. The van der Waals surface area contributed by atoms with Crippen LogP contribution in [-0.2, 0) is 17.8 Å². The van der Waals surface area contributed by atoms with E-state index >= 15 is 0 Å². The number of carboxylic acids is 1. The van der Waals surface area contributed by atoms with Crippen molar-refractivity contribution in [1.29, 1.82) is 0 Å². The second kappa shape index (κ2) is 8.02. The lowest BCUT2D eigenvalue weighted by atomic mass is 9.85. The number of aliphatic carboxylic acids is 1. The first-order chi connectivity index (χ1) is 13.4. The molecule has 0 aliphatic heterocycles. The van der Waals surface area contributed by atoms with Crippen molar-refractivity contribution in [2.75, 3.05) is 0 Å². The highest BCUT2D eigenvalue weighted by molar-refractivity contribution is 8.00. The summed E-state index contributed by atoms with van der Waals surface area (Å²) in [4.78, 5) is 13.2. The lowest BCUT2D eigenvalue weighted by molar-refractivity contribution is -0.146. The highest BCUT2D eigenvalue weighted by atomic mass is 32.2. The minimum Gasteiger partial charge on any atom is -0.481 e. The van der Waals surface area contributed by atoms with E-state index in [0.717, 1.165) is 6.54 Å². The third-order valence-corrected chi connectivity index (χ3v) is 7.35. The molecule has 1 aliphatic rings. The van der Waals surface area contributed by atoms with Gasteiger partial charge in [0.1, 0.15) is 0 Å². The van der Waals surface area contributed by atoms with E-state index in [1.807, 2.05) is 25.6 Å². The lowest BCUT2D eigenvalue weighted by Crippen LogP contribution is -2.29. The van der Waals surface area contributed by atoms with Crippen molar-refractivity contribution in [3.8, 4) is 0 Å². The van der Waals surface area contributed by atoms with E-state index in [1.54, 1.807) is 0 Å². The molecule has 0 amide bonds. The SMILES string of the molecule is CC(C)c1ccc2c(SC(C)(C)C)c(CC(C)(C)C(=O)O)n(CC3CCC3)c2c1. The van der Waals surface area contributed by atoms with Crippen LogP contribution in [-0.4, -0.2) is 20.4 Å². The summed E-state index contributed by atoms with van der Waals surface area (Å²) in [6.45, 7) is 15.9. The number of carboxylic acid groups (broad SMARTS) is 1. The zero-order chi connectivity index (χ0) is 21.6. The van der Waals surface area contributed by atoms with E-state index in [9.17, 15) is 9.90 Å². The highest BCUT2D eigenvalue weighted by Gasteiger charge is 2.33. The Morgan fingerprint density at radius 1 is 1.21 bits per heavy atom. The first kappa shape index (κ1) is 22.3. The molecule has 29 heavy (non-hydrogen) atoms. The van der Waals surface area contributed by atoms with Crippen LogP contribution in [0.4, 0.5) is 0 Å². The molecule has 1 aromatic heterocycles. The third-order valence-electron chi connectivity index (χ3n) is 6.07. The van der Waals surface area contributed by atoms with Gasteiger partial charge in [0, 0.05) is 39.2 Å². The van der Waals surface area contributed by atoms with Crippen LogP contribution in [0.15, 0.2) is 23.1 Å². The number of thioether (sulfide) groups is 1. The summed E-state index contributed by atoms with van der Waals surface area (Å²) in [7, 11) is 0. The maximum atomic E-state index is 12.0. The maximum absolute atomic E-state index is 12.0. The summed E-state index contributed by atoms with van der Waals surface area (Å²) in [5.74, 6) is 0.462. The molecule has 0 radical (unpaired) electrons. The molecule has 1 aromatic carbocycles. The van der Waals surface area contributed by atoms with Crippen molar-refractivity contribution in [1.82, 2.24) is 4.57 Å². The van der Waals surface area contributed by atoms with Gasteiger partial charge in [-0.1, -0.05) is 53.2 Å². The molecule has 3 rings (SSSR count). The first-order valence-electron chi connectivity index (χ1n) is 11.0. The van der Waals surface area contributed by atoms with Crippen LogP contribution in [0.5, 0.6) is 0 Å². The van der Waals surface area contributed by atoms with Crippen LogP contribution < -0.4 is 0 Å². The van der Waals surface area contributed by atoms with Crippen molar-refractivity contribution in [2.45, 2.75) is 96.3 Å². The molecule has 160 valence electrons. The molecule has 0 unspecified atom stereocenters. The number of carbonyl (C=O) groups is 1. The normalized spacial score (nSPS) is 15.9. The average Bonchev–Trinajstić information content (AvgIpc) is 2.81. The van der Waals surface area contributed by atoms with Gasteiger partial charge >= 0.3 is 5.97 Å². The molecule has 3 nitrogen and oxygen atoms in total. The molecule has 1 fully saturated rings. The Labute approximate surface area is 180 Å². The summed E-state index contributed by atoms with van der Waals surface area (Å²) in [6.07, 6.45) is 4.44. The van der Waals surface area contributed by atoms with Gasteiger partial charge in [0.05, 0.1) is 5.41 Å². The van der Waals surface area contributed by atoms with Crippen molar-refractivity contribution < 1.29 is 9.90 Å². The van der Waals surface area contributed by atoms with Gasteiger partial charge in [0.2, 0.25) is 0 Å². The highest BCUT2D eigenvalue weighted by Crippen LogP contribution is 2.44. The van der Waals surface area contributed by atoms with Crippen LogP contribution in [0.25, 0.3) is 10.9 Å². The van der Waals surface area contributed by atoms with E-state index in [4.69, 9.17) is 0 Å². The molecule has 0 atom stereocenters. The Morgan fingerprint density at radius 3 is 2.34 bits per heavy atom. The van der Waals surface area contributed by atoms with Crippen LogP contribution in [0.2, 0.25) is 0 Å². The number of aromatic nitrogens is 1. The van der Waals surface area contributed by atoms with E-state index in [1.165, 1.54) is 46.3 Å². The number of nitrogens with zero attached hydrogens (tertiary/aromatic N) is 1. The molecule has 1 heterocycles. The summed E-state index contributed by atoms with van der Waals surface area (Å²) in [6, 6.07) is 6.87. The second-order valence-corrected chi connectivity index (χ2v) is 12.5. The molecule has 2 aromatic rings. The van der Waals surface area contributed by atoms with E-state index in [2.05, 4.69) is 57.4 Å². The predicted molar refractivity (Wildman–Crippen MR) is 124 cm³/mol. The monoisotopic (exact) mass is 415 g/mol. The van der Waals surface area contributed by atoms with Gasteiger partial charge in [-0.2, -0.15) is 0 Å². The smallest absolute Gasteiger partial charge is 0.309 e. The van der Waals surface area contributed by atoms with Gasteiger partial charge in [-0.25, -0.2) is 0 Å². The lowest BCUT2D eigenvalue weighted by Gasteiger charge is -2.29. The molecule has 0 spiro atoms. The van der Waals surface area contributed by atoms with Crippen LogP contribution in [0.1, 0.15) is 84.9 Å². The zero-order valence-electron chi connectivity index (χ0n) is 19.1. The minimum atomic E-state index is -0.792. The fourth-order valence-corrected chi connectivity index (χ4v) is 5.17. The summed E-state index contributed by atoms with van der Waals surface area (Å²) >= 11 is 1.88. The van der Waals surface area contributed by atoms with Crippen molar-refractivity contribution >= 4 is 28.6 Å². The number of benzene rings is 1. The number of hydrogen-bond donors (Lipinski definition) is 1. The maximum Gasteiger partial charge on any atom is 0.309 e. The van der Waals surface area contributed by atoms with Crippen LogP contribution in [0.3, 0.4) is 0 Å². The Balaban J connectivity index is 2.24. The van der Waals surface area contributed by atoms with Gasteiger partial charge in [-0.3, -0.25) is 4.79 Å². The van der Waals surface area contributed by atoms with Gasteiger partial charge in [0.15, 0.2) is 0 Å². The van der Waals surface area contributed by atoms with Crippen LogP contribution in [0, 0.1) is 11.3 Å². The quantitative estimate of drug-likeness (QED) is 0.490. The largest absolute Gasteiger partial charge is 0.481 e. The van der Waals surface area contributed by atoms with E-state index in [0.29, 0.717) is 18.3 Å². The topological polar surface area (TPSA) is 42.2 Å². The van der Waals surface area contributed by atoms with Crippen molar-refractivity contribution in [3.05, 3.63) is 29.5 Å².